The summed E-state index contributed by atoms with van der Waals surface area (Å²) in [6, 6.07) is 0.590. The van der Waals surface area contributed by atoms with E-state index in [1.54, 1.807) is 0 Å². The third kappa shape index (κ3) is 4.21. The van der Waals surface area contributed by atoms with E-state index in [2.05, 4.69) is 31.0 Å². The fourth-order valence-corrected chi connectivity index (χ4v) is 3.58. The lowest BCUT2D eigenvalue weighted by atomic mass is 9.93. The fourth-order valence-electron chi connectivity index (χ4n) is 3.58. The van der Waals surface area contributed by atoms with Gasteiger partial charge in [0, 0.05) is 12.6 Å². The van der Waals surface area contributed by atoms with Gasteiger partial charge in [0.1, 0.15) is 0 Å². The molecule has 3 nitrogen and oxygen atoms in total. The molecule has 1 aliphatic heterocycles. The predicted octanol–water partition coefficient (Wildman–Crippen LogP) is 3.19. The Hall–Kier alpha value is -0.570. The summed E-state index contributed by atoms with van der Waals surface area (Å²) in [5, 5.41) is 3.45. The minimum absolute atomic E-state index is 0.0755. The number of rotatable bonds is 5. The van der Waals surface area contributed by atoms with E-state index in [1.165, 1.54) is 32.1 Å². The normalized spacial score (nSPS) is 28.0. The summed E-state index contributed by atoms with van der Waals surface area (Å²) in [5.41, 5.74) is 0. The van der Waals surface area contributed by atoms with E-state index in [0.717, 1.165) is 25.9 Å². The van der Waals surface area contributed by atoms with Crippen molar-refractivity contribution in [2.45, 2.75) is 77.8 Å². The Morgan fingerprint density at radius 2 is 1.95 bits per heavy atom. The van der Waals surface area contributed by atoms with Crippen LogP contribution >= 0.6 is 0 Å². The number of nitrogens with zero attached hydrogens (tertiary/aromatic N) is 1. The molecular formula is C17H32N2O. The number of nitrogens with one attached hydrogen (secondary N) is 1. The second-order valence-corrected chi connectivity index (χ2v) is 7.29. The summed E-state index contributed by atoms with van der Waals surface area (Å²) in [5.74, 6) is 1.73. The lowest BCUT2D eigenvalue weighted by Crippen LogP contribution is -2.52. The Balaban J connectivity index is 1.98. The molecule has 3 heteroatoms. The van der Waals surface area contributed by atoms with Crippen LogP contribution in [0, 0.1) is 11.8 Å². The number of piperidine rings is 1. The molecule has 1 heterocycles. The molecule has 0 bridgehead atoms. The van der Waals surface area contributed by atoms with Crippen molar-refractivity contribution >= 4 is 5.91 Å². The van der Waals surface area contributed by atoms with E-state index >= 15 is 0 Å². The predicted molar refractivity (Wildman–Crippen MR) is 83.6 cm³/mol. The maximum Gasteiger partial charge on any atom is 0.239 e. The monoisotopic (exact) mass is 280 g/mol. The Kier molecular flexibility index (Phi) is 5.88. The molecule has 0 aromatic rings. The van der Waals surface area contributed by atoms with Crippen molar-refractivity contribution in [1.29, 1.82) is 0 Å². The Morgan fingerprint density at radius 1 is 1.25 bits per heavy atom. The molecule has 0 spiro atoms. The van der Waals surface area contributed by atoms with Gasteiger partial charge in [0.2, 0.25) is 5.91 Å². The van der Waals surface area contributed by atoms with Gasteiger partial charge in [0.15, 0.2) is 0 Å². The molecule has 0 radical (unpaired) electrons. The lowest BCUT2D eigenvalue weighted by Gasteiger charge is -2.36. The van der Waals surface area contributed by atoms with E-state index in [4.69, 9.17) is 0 Å². The first-order valence-corrected chi connectivity index (χ1v) is 8.61. The van der Waals surface area contributed by atoms with Crippen LogP contribution in [0.25, 0.3) is 0 Å². The van der Waals surface area contributed by atoms with Gasteiger partial charge in [-0.3, -0.25) is 4.79 Å². The molecule has 2 fully saturated rings. The molecule has 0 aromatic heterocycles. The molecule has 116 valence electrons. The average molecular weight is 280 g/mol. The molecule has 2 rings (SSSR count). The van der Waals surface area contributed by atoms with E-state index < -0.39 is 0 Å². The van der Waals surface area contributed by atoms with Crippen molar-refractivity contribution in [3.8, 4) is 0 Å². The Bertz CT molecular complexity index is 310. The second kappa shape index (κ2) is 7.44. The topological polar surface area (TPSA) is 32.3 Å². The van der Waals surface area contributed by atoms with Crippen LogP contribution in [0.5, 0.6) is 0 Å². The van der Waals surface area contributed by atoms with E-state index in [9.17, 15) is 4.79 Å². The summed E-state index contributed by atoms with van der Waals surface area (Å²) in [6.07, 6.45) is 8.38. The molecule has 1 amide bonds. The zero-order valence-electron chi connectivity index (χ0n) is 13.5. The van der Waals surface area contributed by atoms with Gasteiger partial charge in [-0.05, 0) is 50.5 Å². The van der Waals surface area contributed by atoms with Crippen LogP contribution in [0.2, 0.25) is 0 Å². The largest absolute Gasteiger partial charge is 0.338 e. The highest BCUT2D eigenvalue weighted by Gasteiger charge is 2.33. The van der Waals surface area contributed by atoms with Gasteiger partial charge in [0.25, 0.3) is 0 Å². The van der Waals surface area contributed by atoms with Crippen LogP contribution < -0.4 is 5.32 Å². The van der Waals surface area contributed by atoms with Crippen molar-refractivity contribution in [2.24, 2.45) is 11.8 Å². The molecule has 1 saturated heterocycles. The molecule has 2 aliphatic rings. The van der Waals surface area contributed by atoms with Crippen molar-refractivity contribution in [3.05, 3.63) is 0 Å². The number of carbonyl (C=O) groups is 1. The molecule has 2 atom stereocenters. The molecular weight excluding hydrogens is 248 g/mol. The third-order valence-electron chi connectivity index (χ3n) is 4.96. The fraction of sp³-hybridized carbons (Fsp3) is 0.941. The highest BCUT2D eigenvalue weighted by Crippen LogP contribution is 2.26. The van der Waals surface area contributed by atoms with Crippen molar-refractivity contribution in [2.75, 3.05) is 13.1 Å². The van der Waals surface area contributed by atoms with Gasteiger partial charge in [-0.15, -0.1) is 0 Å². The maximum atomic E-state index is 12.9. The quantitative estimate of drug-likeness (QED) is 0.839. The Labute approximate surface area is 124 Å². The summed E-state index contributed by atoms with van der Waals surface area (Å²) >= 11 is 0. The molecule has 0 aromatic carbocycles. The number of amides is 1. The van der Waals surface area contributed by atoms with Gasteiger partial charge in [-0.2, -0.15) is 0 Å². The SMILES string of the molecule is CC(C)CCN(C(=O)C1CC(C)CCN1)C1CCCC1. The van der Waals surface area contributed by atoms with E-state index in [0.29, 0.717) is 23.8 Å². The zero-order valence-corrected chi connectivity index (χ0v) is 13.5. The van der Waals surface area contributed by atoms with Crippen LogP contribution in [-0.4, -0.2) is 36.0 Å². The van der Waals surface area contributed by atoms with Crippen LogP contribution in [-0.2, 0) is 4.79 Å². The smallest absolute Gasteiger partial charge is 0.239 e. The molecule has 2 unspecified atom stereocenters. The van der Waals surface area contributed by atoms with E-state index in [1.807, 2.05) is 0 Å². The molecule has 20 heavy (non-hydrogen) atoms. The summed E-state index contributed by atoms with van der Waals surface area (Å²) < 4.78 is 0. The van der Waals surface area contributed by atoms with Crippen molar-refractivity contribution in [1.82, 2.24) is 10.2 Å². The highest BCUT2D eigenvalue weighted by molar-refractivity contribution is 5.82. The van der Waals surface area contributed by atoms with Gasteiger partial charge in [0.05, 0.1) is 6.04 Å². The summed E-state index contributed by atoms with van der Waals surface area (Å²) in [7, 11) is 0. The minimum Gasteiger partial charge on any atom is -0.338 e. The summed E-state index contributed by atoms with van der Waals surface area (Å²) in [4.78, 5) is 15.1. The zero-order chi connectivity index (χ0) is 14.5. The van der Waals surface area contributed by atoms with Crippen LogP contribution in [0.1, 0.15) is 65.7 Å². The first-order valence-electron chi connectivity index (χ1n) is 8.61. The highest BCUT2D eigenvalue weighted by atomic mass is 16.2. The third-order valence-corrected chi connectivity index (χ3v) is 4.96. The molecule has 1 aliphatic carbocycles. The van der Waals surface area contributed by atoms with E-state index in [-0.39, 0.29) is 6.04 Å². The molecule has 1 saturated carbocycles. The van der Waals surface area contributed by atoms with Crippen LogP contribution in [0.4, 0.5) is 0 Å². The van der Waals surface area contributed by atoms with Crippen molar-refractivity contribution in [3.63, 3.8) is 0 Å². The maximum absolute atomic E-state index is 12.9. The van der Waals surface area contributed by atoms with Crippen LogP contribution in [0.15, 0.2) is 0 Å². The summed E-state index contributed by atoms with van der Waals surface area (Å²) in [6.45, 7) is 8.72. The van der Waals surface area contributed by atoms with Gasteiger partial charge >= 0.3 is 0 Å². The van der Waals surface area contributed by atoms with Gasteiger partial charge in [-0.1, -0.05) is 33.6 Å². The first-order chi connectivity index (χ1) is 9.58. The average Bonchev–Trinajstić information content (AvgIpc) is 2.92. The number of carbonyl (C=O) groups excluding carboxylic acids is 1. The first kappa shape index (κ1) is 15.8. The second-order valence-electron chi connectivity index (χ2n) is 7.29. The number of hydrogen-bond donors (Lipinski definition) is 1. The van der Waals surface area contributed by atoms with Crippen molar-refractivity contribution < 1.29 is 4.79 Å². The van der Waals surface area contributed by atoms with Crippen LogP contribution in [0.3, 0.4) is 0 Å². The van der Waals surface area contributed by atoms with Gasteiger partial charge < -0.3 is 10.2 Å². The standard InChI is InChI=1S/C17H32N2O/c1-13(2)9-11-19(15-6-4-5-7-15)17(20)16-12-14(3)8-10-18-16/h13-16,18H,4-12H2,1-3H3. The molecule has 1 N–H and O–H groups in total. The van der Waals surface area contributed by atoms with Gasteiger partial charge in [-0.25, -0.2) is 0 Å². The Morgan fingerprint density at radius 3 is 2.55 bits per heavy atom. The minimum atomic E-state index is 0.0755. The number of hydrogen-bond acceptors (Lipinski definition) is 2. The lowest BCUT2D eigenvalue weighted by molar-refractivity contribution is -0.136.